The predicted molar refractivity (Wildman–Crippen MR) is 76.2 cm³/mol. The molecule has 0 N–H and O–H groups in total. The Labute approximate surface area is 113 Å². The number of hydrogen-bond donors (Lipinski definition) is 0. The largest absolute Gasteiger partial charge is 0.381 e. The quantitative estimate of drug-likeness (QED) is 0.715. The summed E-state index contributed by atoms with van der Waals surface area (Å²) >= 11 is 0. The molecule has 0 amide bonds. The summed E-state index contributed by atoms with van der Waals surface area (Å²) in [5, 5.41) is 1.06. The van der Waals surface area contributed by atoms with Crippen molar-refractivity contribution in [2.75, 3.05) is 13.2 Å². The predicted octanol–water partition coefficient (Wildman–Crippen LogP) is 3.16. The van der Waals surface area contributed by atoms with Gasteiger partial charge in [-0.15, -0.1) is 0 Å². The van der Waals surface area contributed by atoms with Crippen LogP contribution < -0.4 is 0 Å². The van der Waals surface area contributed by atoms with Gasteiger partial charge in [0.2, 0.25) is 0 Å². The second-order valence-corrected chi connectivity index (χ2v) is 4.57. The number of fused-ring (bicyclic) bond motifs is 1. The third kappa shape index (κ3) is 3.86. The van der Waals surface area contributed by atoms with Crippen molar-refractivity contribution in [3.05, 3.63) is 42.1 Å². The summed E-state index contributed by atoms with van der Waals surface area (Å²) in [7, 11) is 0. The Bertz CT molecular complexity index is 546. The summed E-state index contributed by atoms with van der Waals surface area (Å²) in [5.41, 5.74) is 1.99. The number of rotatable bonds is 7. The molecule has 1 heterocycles. The van der Waals surface area contributed by atoms with Gasteiger partial charge in [0.05, 0.1) is 12.1 Å². The van der Waals surface area contributed by atoms with Gasteiger partial charge in [0.15, 0.2) is 0 Å². The van der Waals surface area contributed by atoms with E-state index in [1.165, 1.54) is 0 Å². The topological polar surface area (TPSA) is 39.2 Å². The SMILES string of the molecule is CCCOCCC(=O)Cc1ccnc2ccccc12. The first-order valence-electron chi connectivity index (χ1n) is 6.73. The Morgan fingerprint density at radius 3 is 2.89 bits per heavy atom. The number of para-hydroxylation sites is 1. The lowest BCUT2D eigenvalue weighted by Crippen LogP contribution is -2.08. The second kappa shape index (κ2) is 7.00. The zero-order chi connectivity index (χ0) is 13.5. The summed E-state index contributed by atoms with van der Waals surface area (Å²) < 4.78 is 5.35. The minimum absolute atomic E-state index is 0.215. The van der Waals surface area contributed by atoms with Gasteiger partial charge >= 0.3 is 0 Å². The van der Waals surface area contributed by atoms with Crippen LogP contribution in [0, 0.1) is 0 Å². The van der Waals surface area contributed by atoms with E-state index in [1.54, 1.807) is 6.20 Å². The van der Waals surface area contributed by atoms with Gasteiger partial charge in [-0.25, -0.2) is 0 Å². The Hall–Kier alpha value is -1.74. The Morgan fingerprint density at radius 1 is 1.21 bits per heavy atom. The monoisotopic (exact) mass is 257 g/mol. The van der Waals surface area contributed by atoms with Gasteiger partial charge in [0.25, 0.3) is 0 Å². The number of carbonyl (C=O) groups is 1. The summed E-state index contributed by atoms with van der Waals surface area (Å²) in [6.07, 6.45) is 3.69. The average molecular weight is 257 g/mol. The van der Waals surface area contributed by atoms with E-state index in [9.17, 15) is 4.79 Å². The number of ketones is 1. The molecule has 0 aliphatic rings. The van der Waals surface area contributed by atoms with Gasteiger partial charge in [0, 0.05) is 31.0 Å². The highest BCUT2D eigenvalue weighted by molar-refractivity contribution is 5.88. The highest BCUT2D eigenvalue weighted by Crippen LogP contribution is 2.17. The van der Waals surface area contributed by atoms with Crippen LogP contribution in [-0.4, -0.2) is 24.0 Å². The normalized spacial score (nSPS) is 10.8. The number of aromatic nitrogens is 1. The fourth-order valence-electron chi connectivity index (χ4n) is 2.04. The van der Waals surface area contributed by atoms with E-state index in [4.69, 9.17) is 4.74 Å². The van der Waals surface area contributed by atoms with Crippen molar-refractivity contribution in [2.45, 2.75) is 26.2 Å². The Morgan fingerprint density at radius 2 is 2.05 bits per heavy atom. The molecule has 0 atom stereocenters. The maximum Gasteiger partial charge on any atom is 0.139 e. The average Bonchev–Trinajstić information content (AvgIpc) is 2.44. The van der Waals surface area contributed by atoms with E-state index in [2.05, 4.69) is 11.9 Å². The molecule has 0 radical (unpaired) electrons. The summed E-state index contributed by atoms with van der Waals surface area (Å²) in [4.78, 5) is 16.2. The van der Waals surface area contributed by atoms with E-state index >= 15 is 0 Å². The fourth-order valence-corrected chi connectivity index (χ4v) is 2.04. The first kappa shape index (κ1) is 13.7. The molecule has 19 heavy (non-hydrogen) atoms. The zero-order valence-electron chi connectivity index (χ0n) is 11.3. The molecular weight excluding hydrogens is 238 g/mol. The number of pyridine rings is 1. The van der Waals surface area contributed by atoms with Crippen LogP contribution in [0.1, 0.15) is 25.3 Å². The molecule has 0 fully saturated rings. The highest BCUT2D eigenvalue weighted by Gasteiger charge is 2.07. The molecule has 0 aliphatic carbocycles. The smallest absolute Gasteiger partial charge is 0.139 e. The van der Waals surface area contributed by atoms with Crippen molar-refractivity contribution in [2.24, 2.45) is 0 Å². The van der Waals surface area contributed by atoms with Crippen molar-refractivity contribution < 1.29 is 9.53 Å². The molecule has 0 saturated carbocycles. The van der Waals surface area contributed by atoms with Crippen molar-refractivity contribution in [3.8, 4) is 0 Å². The van der Waals surface area contributed by atoms with Gasteiger partial charge in [-0.05, 0) is 24.1 Å². The minimum Gasteiger partial charge on any atom is -0.381 e. The number of benzene rings is 1. The molecule has 2 aromatic rings. The number of Topliss-reactive ketones (excluding diaryl/α,β-unsaturated/α-hetero) is 1. The van der Waals surface area contributed by atoms with E-state index in [1.807, 2.05) is 30.3 Å². The summed E-state index contributed by atoms with van der Waals surface area (Å²) in [6.45, 7) is 3.31. The van der Waals surface area contributed by atoms with Gasteiger partial charge < -0.3 is 4.74 Å². The van der Waals surface area contributed by atoms with Crippen LogP contribution in [0.2, 0.25) is 0 Å². The lowest BCUT2D eigenvalue weighted by atomic mass is 10.0. The molecule has 0 spiro atoms. The third-order valence-electron chi connectivity index (χ3n) is 3.00. The molecule has 1 aromatic heterocycles. The lowest BCUT2D eigenvalue weighted by Gasteiger charge is -2.06. The molecule has 0 unspecified atom stereocenters. The van der Waals surface area contributed by atoms with Gasteiger partial charge in [-0.1, -0.05) is 25.1 Å². The number of nitrogens with zero attached hydrogens (tertiary/aromatic N) is 1. The molecule has 2 rings (SSSR count). The Balaban J connectivity index is 1.99. The van der Waals surface area contributed by atoms with Gasteiger partial charge in [-0.2, -0.15) is 0 Å². The van der Waals surface area contributed by atoms with Crippen molar-refractivity contribution >= 4 is 16.7 Å². The van der Waals surface area contributed by atoms with E-state index < -0.39 is 0 Å². The van der Waals surface area contributed by atoms with Crippen LogP contribution >= 0.6 is 0 Å². The van der Waals surface area contributed by atoms with Crippen LogP contribution in [0.3, 0.4) is 0 Å². The number of ether oxygens (including phenoxy) is 1. The van der Waals surface area contributed by atoms with Crippen LogP contribution in [-0.2, 0) is 16.0 Å². The molecule has 100 valence electrons. The van der Waals surface area contributed by atoms with E-state index in [0.717, 1.165) is 29.5 Å². The Kier molecular flexibility index (Phi) is 5.04. The van der Waals surface area contributed by atoms with Crippen molar-refractivity contribution in [3.63, 3.8) is 0 Å². The standard InChI is InChI=1S/C16H19NO2/c1-2-10-19-11-8-14(18)12-13-7-9-17-16-6-4-3-5-15(13)16/h3-7,9H,2,8,10-12H2,1H3. The molecule has 0 aliphatic heterocycles. The van der Waals surface area contributed by atoms with Crippen molar-refractivity contribution in [1.82, 2.24) is 4.98 Å². The second-order valence-electron chi connectivity index (χ2n) is 4.57. The third-order valence-corrected chi connectivity index (χ3v) is 3.00. The van der Waals surface area contributed by atoms with Crippen LogP contribution in [0.4, 0.5) is 0 Å². The summed E-state index contributed by atoms with van der Waals surface area (Å²) in [5.74, 6) is 0.215. The van der Waals surface area contributed by atoms with Gasteiger partial charge in [0.1, 0.15) is 5.78 Å². The highest BCUT2D eigenvalue weighted by atomic mass is 16.5. The van der Waals surface area contributed by atoms with Crippen molar-refractivity contribution in [1.29, 1.82) is 0 Å². The molecule has 1 aromatic carbocycles. The minimum atomic E-state index is 0.215. The maximum absolute atomic E-state index is 11.9. The van der Waals surface area contributed by atoms with Crippen LogP contribution in [0.15, 0.2) is 36.5 Å². The molecule has 0 saturated heterocycles. The van der Waals surface area contributed by atoms with Gasteiger partial charge in [-0.3, -0.25) is 9.78 Å². The number of carbonyl (C=O) groups excluding carboxylic acids is 1. The summed E-state index contributed by atoms with van der Waals surface area (Å²) in [6, 6.07) is 9.83. The maximum atomic E-state index is 11.9. The first-order chi connectivity index (χ1) is 9.31. The molecule has 0 bridgehead atoms. The van der Waals surface area contributed by atoms with Crippen LogP contribution in [0.5, 0.6) is 0 Å². The zero-order valence-corrected chi connectivity index (χ0v) is 11.3. The molecular formula is C16H19NO2. The van der Waals surface area contributed by atoms with Crippen LogP contribution in [0.25, 0.3) is 10.9 Å². The molecule has 3 heteroatoms. The molecule has 3 nitrogen and oxygen atoms in total. The first-order valence-corrected chi connectivity index (χ1v) is 6.73. The van der Waals surface area contributed by atoms with E-state index in [-0.39, 0.29) is 5.78 Å². The fraction of sp³-hybridized carbons (Fsp3) is 0.375. The lowest BCUT2D eigenvalue weighted by molar-refractivity contribution is -0.119. The van der Waals surface area contributed by atoms with E-state index in [0.29, 0.717) is 19.4 Å². The number of hydrogen-bond acceptors (Lipinski definition) is 3.